The number of carboxylic acid groups (broad SMARTS) is 1. The molecular formula is C11H15N3O5. The molecule has 0 saturated carbocycles. The molecule has 0 saturated heterocycles. The second-order valence-corrected chi connectivity index (χ2v) is 3.90. The molecule has 0 aliphatic carbocycles. The molecule has 0 bridgehead atoms. The summed E-state index contributed by atoms with van der Waals surface area (Å²) in [6.07, 6.45) is -0.0561. The molecule has 104 valence electrons. The number of hydrazine groups is 1. The lowest BCUT2D eigenvalue weighted by atomic mass is 10.1. The van der Waals surface area contributed by atoms with Crippen LogP contribution in [0.2, 0.25) is 0 Å². The van der Waals surface area contributed by atoms with Crippen molar-refractivity contribution < 1.29 is 24.9 Å². The number of hydrogen-bond donors (Lipinski definition) is 6. The van der Waals surface area contributed by atoms with Gasteiger partial charge in [-0.25, -0.2) is 5.43 Å². The van der Waals surface area contributed by atoms with Crippen LogP contribution in [0.15, 0.2) is 18.2 Å². The van der Waals surface area contributed by atoms with Crippen molar-refractivity contribution in [2.75, 3.05) is 5.43 Å². The number of benzene rings is 1. The van der Waals surface area contributed by atoms with Crippen molar-refractivity contribution in [1.29, 1.82) is 0 Å². The third-order valence-electron chi connectivity index (χ3n) is 2.27. The highest BCUT2D eigenvalue weighted by atomic mass is 16.4. The van der Waals surface area contributed by atoms with Crippen LogP contribution in [0.25, 0.3) is 0 Å². The molecule has 1 atom stereocenters. The van der Waals surface area contributed by atoms with Gasteiger partial charge in [-0.3, -0.25) is 9.59 Å². The highest BCUT2D eigenvalue weighted by Crippen LogP contribution is 2.23. The number of aliphatic carboxylic acids is 1. The molecule has 1 amide bonds. The molecule has 0 spiro atoms. The fourth-order valence-electron chi connectivity index (χ4n) is 1.38. The zero-order valence-electron chi connectivity index (χ0n) is 9.96. The quantitative estimate of drug-likeness (QED) is 0.374. The van der Waals surface area contributed by atoms with Gasteiger partial charge in [-0.15, -0.1) is 0 Å². The second kappa shape index (κ2) is 6.45. The van der Waals surface area contributed by atoms with Crippen LogP contribution in [0.5, 0.6) is 11.5 Å². The third kappa shape index (κ3) is 5.13. The van der Waals surface area contributed by atoms with Crippen LogP contribution in [0, 0.1) is 0 Å². The minimum absolute atomic E-state index is 0.0163. The predicted molar refractivity (Wildman–Crippen MR) is 66.4 cm³/mol. The first-order valence-electron chi connectivity index (χ1n) is 5.44. The van der Waals surface area contributed by atoms with Crippen LogP contribution in [0.3, 0.4) is 0 Å². The van der Waals surface area contributed by atoms with Gasteiger partial charge in [-0.1, -0.05) is 0 Å². The largest absolute Gasteiger partial charge is 0.508 e. The van der Waals surface area contributed by atoms with Gasteiger partial charge in [0, 0.05) is 24.6 Å². The van der Waals surface area contributed by atoms with Crippen molar-refractivity contribution in [3.8, 4) is 11.5 Å². The first-order chi connectivity index (χ1) is 8.88. The number of aromatic hydroxyl groups is 2. The molecule has 0 aromatic heterocycles. The average molecular weight is 269 g/mol. The fraction of sp³-hybridized carbons (Fsp3) is 0.273. The number of nitrogens with two attached hydrogens (primary N) is 1. The van der Waals surface area contributed by atoms with Gasteiger partial charge in [-0.05, 0) is 6.42 Å². The average Bonchev–Trinajstić information content (AvgIpc) is 2.26. The fourth-order valence-corrected chi connectivity index (χ4v) is 1.38. The molecule has 1 aromatic rings. The predicted octanol–water partition coefficient (Wildman–Crippen LogP) is -0.267. The highest BCUT2D eigenvalue weighted by Gasteiger charge is 2.17. The number of carbonyl (C=O) groups is 2. The summed E-state index contributed by atoms with van der Waals surface area (Å²) in [6, 6.07) is 2.68. The van der Waals surface area contributed by atoms with E-state index in [1.54, 1.807) is 0 Å². The van der Waals surface area contributed by atoms with E-state index < -0.39 is 17.9 Å². The first kappa shape index (κ1) is 14.6. The lowest BCUT2D eigenvalue weighted by molar-refractivity contribution is -0.139. The van der Waals surface area contributed by atoms with Gasteiger partial charge in [0.15, 0.2) is 0 Å². The van der Waals surface area contributed by atoms with Crippen molar-refractivity contribution in [2.24, 2.45) is 5.73 Å². The number of hydrogen-bond acceptors (Lipinski definition) is 6. The molecule has 19 heavy (non-hydrogen) atoms. The molecule has 7 N–H and O–H groups in total. The number of carbonyl (C=O) groups excluding carboxylic acids is 1. The standard InChI is InChI=1S/C11H15N3O5/c12-10(17)2-1-9(11(18)19)14-13-6-3-7(15)5-8(16)4-6/h3-5,9,13-16H,1-2H2,(H2,12,17)(H,18,19)/t9-/m0/s1. The van der Waals surface area contributed by atoms with Crippen molar-refractivity contribution in [1.82, 2.24) is 5.43 Å². The number of anilines is 1. The summed E-state index contributed by atoms with van der Waals surface area (Å²) >= 11 is 0. The van der Waals surface area contributed by atoms with Gasteiger partial charge in [-0.2, -0.15) is 0 Å². The number of primary amides is 1. The topological polar surface area (TPSA) is 145 Å². The third-order valence-corrected chi connectivity index (χ3v) is 2.27. The van der Waals surface area contributed by atoms with E-state index >= 15 is 0 Å². The molecule has 1 aromatic carbocycles. The summed E-state index contributed by atoms with van der Waals surface area (Å²) in [4.78, 5) is 21.5. The number of rotatable bonds is 7. The minimum Gasteiger partial charge on any atom is -0.508 e. The van der Waals surface area contributed by atoms with Gasteiger partial charge in [0.25, 0.3) is 0 Å². The molecule has 0 aliphatic rings. The first-order valence-corrected chi connectivity index (χ1v) is 5.44. The van der Waals surface area contributed by atoms with E-state index in [0.29, 0.717) is 0 Å². The molecule has 0 fully saturated rings. The maximum atomic E-state index is 10.9. The number of nitrogens with one attached hydrogen (secondary N) is 2. The number of amides is 1. The summed E-state index contributed by atoms with van der Waals surface area (Å²) in [5.41, 5.74) is 10.2. The van der Waals surface area contributed by atoms with Gasteiger partial charge in [0.1, 0.15) is 17.5 Å². The Kier molecular flexibility index (Phi) is 4.95. The van der Waals surface area contributed by atoms with Gasteiger partial charge < -0.3 is 26.5 Å². The lowest BCUT2D eigenvalue weighted by Crippen LogP contribution is -2.41. The molecule has 0 aliphatic heterocycles. The zero-order chi connectivity index (χ0) is 14.4. The van der Waals surface area contributed by atoms with Crippen LogP contribution in [0.4, 0.5) is 5.69 Å². The zero-order valence-corrected chi connectivity index (χ0v) is 9.96. The molecule has 8 heteroatoms. The van der Waals surface area contributed by atoms with E-state index in [0.717, 1.165) is 6.07 Å². The maximum absolute atomic E-state index is 10.9. The summed E-state index contributed by atoms with van der Waals surface area (Å²) < 4.78 is 0. The Hall–Kier alpha value is -2.48. The van der Waals surface area contributed by atoms with E-state index in [1.165, 1.54) is 12.1 Å². The molecule has 0 heterocycles. The van der Waals surface area contributed by atoms with Crippen molar-refractivity contribution in [3.63, 3.8) is 0 Å². The van der Waals surface area contributed by atoms with E-state index in [-0.39, 0.29) is 30.0 Å². The normalized spacial score (nSPS) is 11.8. The lowest BCUT2D eigenvalue weighted by Gasteiger charge is -2.15. The summed E-state index contributed by atoms with van der Waals surface area (Å²) in [5.74, 6) is -2.09. The Labute approximate surface area is 108 Å². The molecule has 0 unspecified atom stereocenters. The Morgan fingerprint density at radius 2 is 1.79 bits per heavy atom. The number of phenolic OH excluding ortho intramolecular Hbond substituents is 2. The van der Waals surface area contributed by atoms with Crippen LogP contribution >= 0.6 is 0 Å². The van der Waals surface area contributed by atoms with Crippen LogP contribution in [0.1, 0.15) is 12.8 Å². The van der Waals surface area contributed by atoms with Gasteiger partial charge in [0.2, 0.25) is 5.91 Å². The van der Waals surface area contributed by atoms with E-state index in [4.69, 9.17) is 10.8 Å². The number of carboxylic acids is 1. The highest BCUT2D eigenvalue weighted by molar-refractivity contribution is 5.77. The maximum Gasteiger partial charge on any atom is 0.322 e. The van der Waals surface area contributed by atoms with Gasteiger partial charge >= 0.3 is 5.97 Å². The minimum atomic E-state index is -1.15. The Morgan fingerprint density at radius 1 is 1.21 bits per heavy atom. The SMILES string of the molecule is NC(=O)CC[C@H](NNc1cc(O)cc(O)c1)C(=O)O. The smallest absolute Gasteiger partial charge is 0.322 e. The number of phenols is 2. The van der Waals surface area contributed by atoms with E-state index in [9.17, 15) is 19.8 Å². The van der Waals surface area contributed by atoms with Crippen molar-refractivity contribution in [3.05, 3.63) is 18.2 Å². The van der Waals surface area contributed by atoms with Crippen molar-refractivity contribution in [2.45, 2.75) is 18.9 Å². The Balaban J connectivity index is 2.60. The van der Waals surface area contributed by atoms with Gasteiger partial charge in [0.05, 0.1) is 5.69 Å². The van der Waals surface area contributed by atoms with Crippen LogP contribution < -0.4 is 16.6 Å². The van der Waals surface area contributed by atoms with E-state index in [1.807, 2.05) is 0 Å². The van der Waals surface area contributed by atoms with Crippen LogP contribution in [-0.2, 0) is 9.59 Å². The monoisotopic (exact) mass is 269 g/mol. The molecule has 1 rings (SSSR count). The second-order valence-electron chi connectivity index (χ2n) is 3.90. The van der Waals surface area contributed by atoms with E-state index in [2.05, 4.69) is 10.9 Å². The molecule has 0 radical (unpaired) electrons. The Morgan fingerprint density at radius 3 is 2.26 bits per heavy atom. The summed E-state index contributed by atoms with van der Waals surface area (Å²) in [5, 5.41) is 27.4. The molecule has 8 nitrogen and oxygen atoms in total. The summed E-state index contributed by atoms with van der Waals surface area (Å²) in [7, 11) is 0. The Bertz CT molecular complexity index is 457. The summed E-state index contributed by atoms with van der Waals surface area (Å²) in [6.45, 7) is 0. The molecular weight excluding hydrogens is 254 g/mol. The van der Waals surface area contributed by atoms with Crippen molar-refractivity contribution >= 4 is 17.6 Å². The van der Waals surface area contributed by atoms with Crippen LogP contribution in [-0.4, -0.2) is 33.2 Å².